The number of aryl methyl sites for hydroxylation is 1. The standard InChI is InChI=1S/C22H34N4O4/c1-17(2)21-23-9-14-25(21)13-7-19(28)26-12-6-8-22(26,16-30-18(3)27)15-20(29)24-10-4-5-11-24/h9,14,17H,4-8,10-13,15-16H2,1-3H3. The average Bonchev–Trinajstić information content (AvgIpc) is 3.45. The number of carbonyl (C=O) groups is 3. The first-order chi connectivity index (χ1) is 14.3. The van der Waals surface area contributed by atoms with Gasteiger partial charge in [0.2, 0.25) is 11.8 Å². The largest absolute Gasteiger partial charge is 0.463 e. The summed E-state index contributed by atoms with van der Waals surface area (Å²) in [5.74, 6) is 0.901. The van der Waals surface area contributed by atoms with Gasteiger partial charge in [-0.2, -0.15) is 0 Å². The minimum atomic E-state index is -0.738. The van der Waals surface area contributed by atoms with Crippen molar-refractivity contribution in [1.29, 1.82) is 0 Å². The summed E-state index contributed by atoms with van der Waals surface area (Å²) >= 11 is 0. The van der Waals surface area contributed by atoms with Gasteiger partial charge in [0.25, 0.3) is 0 Å². The number of aromatic nitrogens is 2. The Hall–Kier alpha value is -2.38. The number of imidazole rings is 1. The van der Waals surface area contributed by atoms with E-state index in [1.165, 1.54) is 6.92 Å². The lowest BCUT2D eigenvalue weighted by molar-refractivity contribution is -0.153. The van der Waals surface area contributed by atoms with Crippen LogP contribution in [0.5, 0.6) is 0 Å². The Morgan fingerprint density at radius 1 is 1.13 bits per heavy atom. The van der Waals surface area contributed by atoms with Gasteiger partial charge >= 0.3 is 5.97 Å². The molecule has 0 spiro atoms. The third kappa shape index (κ3) is 5.02. The van der Waals surface area contributed by atoms with Crippen molar-refractivity contribution in [2.45, 2.75) is 77.3 Å². The molecule has 8 nitrogen and oxygen atoms in total. The highest BCUT2D eigenvalue weighted by Gasteiger charge is 2.46. The summed E-state index contributed by atoms with van der Waals surface area (Å²) in [6.07, 6.45) is 7.73. The van der Waals surface area contributed by atoms with Crippen LogP contribution >= 0.6 is 0 Å². The molecule has 0 radical (unpaired) electrons. The Balaban J connectivity index is 1.72. The van der Waals surface area contributed by atoms with Crippen LogP contribution in [0.2, 0.25) is 0 Å². The fourth-order valence-corrected chi connectivity index (χ4v) is 4.67. The second-order valence-corrected chi connectivity index (χ2v) is 8.80. The van der Waals surface area contributed by atoms with E-state index >= 15 is 0 Å². The maximum absolute atomic E-state index is 13.2. The van der Waals surface area contributed by atoms with E-state index in [2.05, 4.69) is 18.8 Å². The molecule has 2 aliphatic heterocycles. The van der Waals surface area contributed by atoms with Gasteiger partial charge in [-0.15, -0.1) is 0 Å². The zero-order chi connectivity index (χ0) is 21.7. The number of esters is 1. The van der Waals surface area contributed by atoms with Crippen molar-refractivity contribution < 1.29 is 19.1 Å². The molecule has 0 aromatic carbocycles. The second kappa shape index (κ2) is 9.62. The van der Waals surface area contributed by atoms with Crippen LogP contribution in [-0.4, -0.2) is 68.9 Å². The highest BCUT2D eigenvalue weighted by molar-refractivity contribution is 5.81. The Morgan fingerprint density at radius 3 is 2.53 bits per heavy atom. The Labute approximate surface area is 178 Å². The molecule has 0 N–H and O–H groups in total. The van der Waals surface area contributed by atoms with E-state index in [9.17, 15) is 14.4 Å². The number of hydrogen-bond acceptors (Lipinski definition) is 5. The second-order valence-electron chi connectivity index (χ2n) is 8.80. The molecular weight excluding hydrogens is 384 g/mol. The predicted octanol–water partition coefficient (Wildman–Crippen LogP) is 2.33. The summed E-state index contributed by atoms with van der Waals surface area (Å²) in [5.41, 5.74) is -0.738. The number of likely N-dealkylation sites (tertiary alicyclic amines) is 2. The predicted molar refractivity (Wildman–Crippen MR) is 112 cm³/mol. The highest BCUT2D eigenvalue weighted by atomic mass is 16.5. The zero-order valence-corrected chi connectivity index (χ0v) is 18.4. The highest BCUT2D eigenvalue weighted by Crippen LogP contribution is 2.35. The van der Waals surface area contributed by atoms with Crippen LogP contribution in [-0.2, 0) is 25.7 Å². The fourth-order valence-electron chi connectivity index (χ4n) is 4.67. The molecule has 166 valence electrons. The number of carbonyl (C=O) groups excluding carboxylic acids is 3. The summed E-state index contributed by atoms with van der Waals surface area (Å²) in [7, 11) is 0. The fraction of sp³-hybridized carbons (Fsp3) is 0.727. The lowest BCUT2D eigenvalue weighted by Gasteiger charge is -2.38. The molecule has 2 aliphatic rings. The molecule has 0 bridgehead atoms. The molecule has 1 unspecified atom stereocenters. The summed E-state index contributed by atoms with van der Waals surface area (Å²) < 4.78 is 7.37. The number of nitrogens with zero attached hydrogens (tertiary/aromatic N) is 4. The molecule has 8 heteroatoms. The topological polar surface area (TPSA) is 84.7 Å². The minimum Gasteiger partial charge on any atom is -0.463 e. The van der Waals surface area contributed by atoms with E-state index in [1.54, 1.807) is 11.1 Å². The van der Waals surface area contributed by atoms with E-state index in [4.69, 9.17) is 4.74 Å². The smallest absolute Gasteiger partial charge is 0.302 e. The van der Waals surface area contributed by atoms with Crippen molar-refractivity contribution in [2.24, 2.45) is 0 Å². The summed E-state index contributed by atoms with van der Waals surface area (Å²) in [6.45, 7) is 8.29. The van der Waals surface area contributed by atoms with Gasteiger partial charge in [-0.3, -0.25) is 14.4 Å². The van der Waals surface area contributed by atoms with Crippen LogP contribution in [0.3, 0.4) is 0 Å². The summed E-state index contributed by atoms with van der Waals surface area (Å²) in [6, 6.07) is 0. The summed E-state index contributed by atoms with van der Waals surface area (Å²) in [4.78, 5) is 45.7. The Morgan fingerprint density at radius 2 is 1.87 bits per heavy atom. The van der Waals surface area contributed by atoms with Crippen LogP contribution in [0.1, 0.15) is 71.0 Å². The molecule has 2 fully saturated rings. The molecule has 2 saturated heterocycles. The molecule has 30 heavy (non-hydrogen) atoms. The van der Waals surface area contributed by atoms with Gasteiger partial charge in [0.05, 0.1) is 12.0 Å². The maximum atomic E-state index is 13.2. The number of hydrogen-bond donors (Lipinski definition) is 0. The molecule has 0 aliphatic carbocycles. The van der Waals surface area contributed by atoms with Crippen LogP contribution in [0, 0.1) is 0 Å². The first-order valence-electron chi connectivity index (χ1n) is 11.0. The lowest BCUT2D eigenvalue weighted by Crippen LogP contribution is -2.53. The molecule has 3 rings (SSSR count). The van der Waals surface area contributed by atoms with Crippen molar-refractivity contribution in [3.05, 3.63) is 18.2 Å². The number of amides is 2. The van der Waals surface area contributed by atoms with Crippen molar-refractivity contribution >= 4 is 17.8 Å². The third-order valence-corrected chi connectivity index (χ3v) is 6.21. The van der Waals surface area contributed by atoms with Gasteiger partial charge in [-0.05, 0) is 25.7 Å². The zero-order valence-electron chi connectivity index (χ0n) is 18.4. The molecule has 1 aromatic rings. The Bertz CT molecular complexity index is 769. The minimum absolute atomic E-state index is 0.00252. The van der Waals surface area contributed by atoms with E-state index in [1.807, 2.05) is 15.7 Å². The number of rotatable bonds is 8. The van der Waals surface area contributed by atoms with E-state index in [0.717, 1.165) is 38.2 Å². The van der Waals surface area contributed by atoms with Crippen molar-refractivity contribution in [3.8, 4) is 0 Å². The normalized spacial score (nSPS) is 21.5. The molecule has 2 amide bonds. The Kier molecular flexibility index (Phi) is 7.15. The van der Waals surface area contributed by atoms with Gasteiger partial charge < -0.3 is 19.1 Å². The average molecular weight is 419 g/mol. The van der Waals surface area contributed by atoms with Crippen molar-refractivity contribution in [1.82, 2.24) is 19.4 Å². The quantitative estimate of drug-likeness (QED) is 0.605. The van der Waals surface area contributed by atoms with Crippen molar-refractivity contribution in [3.63, 3.8) is 0 Å². The van der Waals surface area contributed by atoms with Gasteiger partial charge in [0, 0.05) is 57.8 Å². The number of ether oxygens (including phenoxy) is 1. The molecule has 1 aromatic heterocycles. The van der Waals surface area contributed by atoms with Crippen molar-refractivity contribution in [2.75, 3.05) is 26.2 Å². The molecule has 1 atom stereocenters. The molecular formula is C22H34N4O4. The SMILES string of the molecule is CC(=O)OCC1(CC(=O)N2CCCC2)CCCN1C(=O)CCn1ccnc1C(C)C. The van der Waals surface area contributed by atoms with Crippen LogP contribution < -0.4 is 0 Å². The van der Waals surface area contributed by atoms with Crippen LogP contribution in [0.4, 0.5) is 0 Å². The van der Waals surface area contributed by atoms with E-state index < -0.39 is 5.54 Å². The van der Waals surface area contributed by atoms with Crippen LogP contribution in [0.15, 0.2) is 12.4 Å². The van der Waals surface area contributed by atoms with Gasteiger partial charge in [0.1, 0.15) is 12.4 Å². The summed E-state index contributed by atoms with van der Waals surface area (Å²) in [5, 5.41) is 0. The van der Waals surface area contributed by atoms with Gasteiger partial charge in [-0.1, -0.05) is 13.8 Å². The van der Waals surface area contributed by atoms with Gasteiger partial charge in [-0.25, -0.2) is 4.98 Å². The van der Waals surface area contributed by atoms with E-state index in [-0.39, 0.29) is 36.7 Å². The first kappa shape index (κ1) is 22.3. The monoisotopic (exact) mass is 418 g/mol. The van der Waals surface area contributed by atoms with Crippen LogP contribution in [0.25, 0.3) is 0 Å². The maximum Gasteiger partial charge on any atom is 0.302 e. The molecule has 3 heterocycles. The molecule has 0 saturated carbocycles. The van der Waals surface area contributed by atoms with Gasteiger partial charge in [0.15, 0.2) is 0 Å². The third-order valence-electron chi connectivity index (χ3n) is 6.21. The lowest BCUT2D eigenvalue weighted by atomic mass is 9.91. The van der Waals surface area contributed by atoms with E-state index in [0.29, 0.717) is 25.9 Å². The first-order valence-corrected chi connectivity index (χ1v) is 11.0.